The van der Waals surface area contributed by atoms with Gasteiger partial charge >= 0.3 is 5.97 Å². The van der Waals surface area contributed by atoms with Crippen molar-refractivity contribution in [2.75, 3.05) is 0 Å². The van der Waals surface area contributed by atoms with E-state index in [0.717, 1.165) is 5.56 Å². The molecule has 3 heteroatoms. The van der Waals surface area contributed by atoms with Gasteiger partial charge in [0.2, 0.25) is 0 Å². The number of rotatable bonds is 2. The molecule has 3 nitrogen and oxygen atoms in total. The minimum atomic E-state index is -0.356. The molecule has 0 aliphatic carbocycles. The number of aliphatic hydroxyl groups excluding tert-OH is 1. The van der Waals surface area contributed by atoms with Crippen LogP contribution in [0.1, 0.15) is 12.5 Å². The third-order valence-corrected chi connectivity index (χ3v) is 1.34. The second-order valence-corrected chi connectivity index (χ2v) is 2.40. The largest absolute Gasteiger partial charge is 0.427 e. The van der Waals surface area contributed by atoms with E-state index in [0.29, 0.717) is 5.75 Å². The van der Waals surface area contributed by atoms with Gasteiger partial charge in [-0.15, -0.1) is 0 Å². The van der Waals surface area contributed by atoms with E-state index in [2.05, 4.69) is 0 Å². The number of esters is 1. The van der Waals surface area contributed by atoms with Gasteiger partial charge in [0.1, 0.15) is 5.75 Å². The van der Waals surface area contributed by atoms with E-state index in [4.69, 9.17) is 9.84 Å². The molecular weight excluding hydrogens is 156 g/mol. The number of hydrogen-bond acceptors (Lipinski definition) is 3. The number of carbonyl (C=O) groups is 1. The van der Waals surface area contributed by atoms with Gasteiger partial charge < -0.3 is 9.84 Å². The standard InChI is InChI=1S/C9H10O3/c1-7(11)12-9-4-2-3-8(5-9)6-10/h2-5,10H,6H2,1H3. The average molecular weight is 166 g/mol. The summed E-state index contributed by atoms with van der Waals surface area (Å²) < 4.78 is 4.81. The maximum Gasteiger partial charge on any atom is 0.308 e. The molecule has 0 unspecified atom stereocenters. The Labute approximate surface area is 70.6 Å². The maximum atomic E-state index is 10.5. The van der Waals surface area contributed by atoms with Crippen LogP contribution in [0.2, 0.25) is 0 Å². The average Bonchev–Trinajstić information content (AvgIpc) is 2.03. The lowest BCUT2D eigenvalue weighted by Gasteiger charge is -2.01. The van der Waals surface area contributed by atoms with Gasteiger partial charge in [0.05, 0.1) is 6.61 Å². The van der Waals surface area contributed by atoms with Gasteiger partial charge in [0.25, 0.3) is 0 Å². The van der Waals surface area contributed by atoms with Crippen LogP contribution >= 0.6 is 0 Å². The predicted molar refractivity (Wildman–Crippen MR) is 43.7 cm³/mol. The fourth-order valence-electron chi connectivity index (χ4n) is 0.873. The lowest BCUT2D eigenvalue weighted by atomic mass is 10.2. The molecule has 0 atom stereocenters. The lowest BCUT2D eigenvalue weighted by molar-refractivity contribution is -0.131. The topological polar surface area (TPSA) is 46.5 Å². The first-order valence-electron chi connectivity index (χ1n) is 3.60. The zero-order valence-corrected chi connectivity index (χ0v) is 6.78. The molecule has 0 aliphatic rings. The molecule has 12 heavy (non-hydrogen) atoms. The Morgan fingerprint density at radius 1 is 1.58 bits per heavy atom. The third-order valence-electron chi connectivity index (χ3n) is 1.34. The van der Waals surface area contributed by atoms with Gasteiger partial charge in [-0.1, -0.05) is 12.1 Å². The zero-order valence-electron chi connectivity index (χ0n) is 6.78. The van der Waals surface area contributed by atoms with E-state index >= 15 is 0 Å². The highest BCUT2D eigenvalue weighted by molar-refractivity contribution is 5.69. The van der Waals surface area contributed by atoms with Crippen LogP contribution in [0.15, 0.2) is 24.3 Å². The lowest BCUT2D eigenvalue weighted by Crippen LogP contribution is -2.01. The van der Waals surface area contributed by atoms with E-state index in [9.17, 15) is 4.79 Å². The normalized spacial score (nSPS) is 9.50. The van der Waals surface area contributed by atoms with Crippen molar-refractivity contribution >= 4 is 5.97 Å². The number of benzene rings is 1. The van der Waals surface area contributed by atoms with Crippen LogP contribution in [-0.2, 0) is 11.4 Å². The molecule has 64 valence electrons. The summed E-state index contributed by atoms with van der Waals surface area (Å²) in [6, 6.07) is 6.78. The minimum Gasteiger partial charge on any atom is -0.427 e. The quantitative estimate of drug-likeness (QED) is 0.528. The Morgan fingerprint density at radius 3 is 2.92 bits per heavy atom. The van der Waals surface area contributed by atoms with Crippen molar-refractivity contribution in [3.05, 3.63) is 29.8 Å². The maximum absolute atomic E-state index is 10.5. The minimum absolute atomic E-state index is 0.0465. The van der Waals surface area contributed by atoms with Gasteiger partial charge in [0.15, 0.2) is 0 Å². The van der Waals surface area contributed by atoms with Crippen LogP contribution in [0.25, 0.3) is 0 Å². The van der Waals surface area contributed by atoms with Gasteiger partial charge in [0, 0.05) is 6.92 Å². The Kier molecular flexibility index (Phi) is 2.82. The van der Waals surface area contributed by atoms with Crippen molar-refractivity contribution in [2.45, 2.75) is 13.5 Å². The molecule has 1 N–H and O–H groups in total. The smallest absolute Gasteiger partial charge is 0.308 e. The van der Waals surface area contributed by atoms with Crippen LogP contribution in [0, 0.1) is 0 Å². The summed E-state index contributed by atoms with van der Waals surface area (Å²) in [5.41, 5.74) is 0.730. The van der Waals surface area contributed by atoms with E-state index in [1.165, 1.54) is 6.92 Å². The van der Waals surface area contributed by atoms with E-state index in [1.54, 1.807) is 24.3 Å². The van der Waals surface area contributed by atoms with Gasteiger partial charge in [-0.25, -0.2) is 0 Å². The molecule has 0 spiro atoms. The number of ether oxygens (including phenoxy) is 1. The number of carbonyl (C=O) groups excluding carboxylic acids is 1. The van der Waals surface area contributed by atoms with Crippen LogP contribution < -0.4 is 4.74 Å². The summed E-state index contributed by atoms with van der Waals surface area (Å²) in [5.74, 6) is 0.110. The molecule has 0 radical (unpaired) electrons. The number of hydrogen-bond donors (Lipinski definition) is 1. The van der Waals surface area contributed by atoms with Crippen molar-refractivity contribution in [2.24, 2.45) is 0 Å². The molecular formula is C9H10O3. The van der Waals surface area contributed by atoms with Crippen molar-refractivity contribution in [3.63, 3.8) is 0 Å². The first-order valence-corrected chi connectivity index (χ1v) is 3.60. The van der Waals surface area contributed by atoms with Gasteiger partial charge in [-0.3, -0.25) is 4.79 Å². The first kappa shape index (κ1) is 8.74. The summed E-state index contributed by atoms with van der Waals surface area (Å²) in [5, 5.41) is 8.76. The Bertz CT molecular complexity index is 281. The Hall–Kier alpha value is -1.35. The molecule has 0 saturated heterocycles. The number of aliphatic hydroxyl groups is 1. The van der Waals surface area contributed by atoms with Crippen molar-refractivity contribution in [1.82, 2.24) is 0 Å². The van der Waals surface area contributed by atoms with Crippen LogP contribution in [0.4, 0.5) is 0 Å². The molecule has 1 aromatic carbocycles. The monoisotopic (exact) mass is 166 g/mol. The van der Waals surface area contributed by atoms with Crippen molar-refractivity contribution < 1.29 is 14.6 Å². The first-order chi connectivity index (χ1) is 5.72. The highest BCUT2D eigenvalue weighted by Crippen LogP contribution is 2.12. The third kappa shape index (κ3) is 2.36. The van der Waals surface area contributed by atoms with Crippen molar-refractivity contribution in [1.29, 1.82) is 0 Å². The van der Waals surface area contributed by atoms with E-state index < -0.39 is 0 Å². The summed E-state index contributed by atoms with van der Waals surface area (Å²) in [7, 11) is 0. The summed E-state index contributed by atoms with van der Waals surface area (Å²) >= 11 is 0. The molecule has 0 amide bonds. The zero-order chi connectivity index (χ0) is 8.97. The van der Waals surface area contributed by atoms with E-state index in [1.807, 2.05) is 0 Å². The second-order valence-electron chi connectivity index (χ2n) is 2.40. The van der Waals surface area contributed by atoms with E-state index in [-0.39, 0.29) is 12.6 Å². The van der Waals surface area contributed by atoms with Crippen LogP contribution in [0.3, 0.4) is 0 Å². The molecule has 0 aliphatic heterocycles. The van der Waals surface area contributed by atoms with Crippen molar-refractivity contribution in [3.8, 4) is 5.75 Å². The summed E-state index contributed by atoms with van der Waals surface area (Å²) in [6.45, 7) is 1.29. The highest BCUT2D eigenvalue weighted by atomic mass is 16.5. The molecule has 1 rings (SSSR count). The Morgan fingerprint density at radius 2 is 2.33 bits per heavy atom. The molecule has 0 bridgehead atoms. The van der Waals surface area contributed by atoms with Gasteiger partial charge in [-0.05, 0) is 17.7 Å². The van der Waals surface area contributed by atoms with Crippen LogP contribution in [-0.4, -0.2) is 11.1 Å². The fourth-order valence-corrected chi connectivity index (χ4v) is 0.873. The Balaban J connectivity index is 2.79. The molecule has 0 aromatic heterocycles. The molecule has 0 saturated carbocycles. The summed E-state index contributed by atoms with van der Waals surface area (Å²) in [4.78, 5) is 10.5. The SMILES string of the molecule is CC(=O)Oc1cccc(CO)c1. The second kappa shape index (κ2) is 3.88. The molecule has 0 heterocycles. The summed E-state index contributed by atoms with van der Waals surface area (Å²) in [6.07, 6.45) is 0. The highest BCUT2D eigenvalue weighted by Gasteiger charge is 1.97. The van der Waals surface area contributed by atoms with Crippen LogP contribution in [0.5, 0.6) is 5.75 Å². The molecule has 0 fully saturated rings. The van der Waals surface area contributed by atoms with Gasteiger partial charge in [-0.2, -0.15) is 0 Å². The molecule has 1 aromatic rings. The fraction of sp³-hybridized carbons (Fsp3) is 0.222. The predicted octanol–water partition coefficient (Wildman–Crippen LogP) is 1.10.